The number of piperidine rings is 1. The number of nitrogens with one attached hydrogen (secondary N) is 1. The van der Waals surface area contributed by atoms with Crippen LogP contribution >= 0.6 is 0 Å². The number of carbonyl (C=O) groups excluding carboxylic acids is 1. The highest BCUT2D eigenvalue weighted by atomic mass is 16.1. The monoisotopic (exact) mass is 224 g/mol. The van der Waals surface area contributed by atoms with E-state index in [-0.39, 0.29) is 6.04 Å². The van der Waals surface area contributed by atoms with Crippen LogP contribution < -0.4 is 5.32 Å². The number of Topliss-reactive ketones (excluding diaryl/α,β-unsaturated/α-hetero) is 1. The van der Waals surface area contributed by atoms with Gasteiger partial charge >= 0.3 is 0 Å². The van der Waals surface area contributed by atoms with E-state index < -0.39 is 0 Å². The van der Waals surface area contributed by atoms with E-state index >= 15 is 0 Å². The number of hydrogen-bond donors (Lipinski definition) is 1. The predicted molar refractivity (Wildman–Crippen MR) is 65.6 cm³/mol. The van der Waals surface area contributed by atoms with E-state index in [1.165, 1.54) is 38.5 Å². The fourth-order valence-corrected chi connectivity index (χ4v) is 2.75. The molecule has 3 heteroatoms. The minimum absolute atomic E-state index is 0.150. The Morgan fingerprint density at radius 3 is 2.44 bits per heavy atom. The van der Waals surface area contributed by atoms with Gasteiger partial charge in [-0.15, -0.1) is 0 Å². The van der Waals surface area contributed by atoms with E-state index in [4.69, 9.17) is 0 Å². The number of likely N-dealkylation sites (tertiary alicyclic amines) is 1. The lowest BCUT2D eigenvalue weighted by atomic mass is 10.0. The molecule has 92 valence electrons. The third-order valence-electron chi connectivity index (χ3n) is 3.78. The van der Waals surface area contributed by atoms with Crippen LogP contribution in [0.1, 0.15) is 44.9 Å². The number of ketones is 1. The second-order valence-electron chi connectivity index (χ2n) is 5.16. The Kier molecular flexibility index (Phi) is 4.79. The first-order chi connectivity index (χ1) is 7.86. The van der Waals surface area contributed by atoms with Crippen molar-refractivity contribution in [3.8, 4) is 0 Å². The summed E-state index contributed by atoms with van der Waals surface area (Å²) in [6.07, 6.45) is 8.71. The van der Waals surface area contributed by atoms with Crippen molar-refractivity contribution in [2.75, 3.05) is 26.2 Å². The van der Waals surface area contributed by atoms with Crippen molar-refractivity contribution in [1.82, 2.24) is 10.2 Å². The van der Waals surface area contributed by atoms with Crippen LogP contribution in [0.15, 0.2) is 0 Å². The Bertz CT molecular complexity index is 216. The molecular weight excluding hydrogens is 200 g/mol. The summed E-state index contributed by atoms with van der Waals surface area (Å²) >= 11 is 0. The van der Waals surface area contributed by atoms with Gasteiger partial charge in [-0.3, -0.25) is 9.69 Å². The van der Waals surface area contributed by atoms with E-state index in [0.717, 1.165) is 26.1 Å². The van der Waals surface area contributed by atoms with Crippen LogP contribution in [0.4, 0.5) is 0 Å². The van der Waals surface area contributed by atoms with Crippen LogP contribution in [0.2, 0.25) is 0 Å². The second kappa shape index (κ2) is 6.36. The van der Waals surface area contributed by atoms with Gasteiger partial charge in [0.1, 0.15) is 0 Å². The highest BCUT2D eigenvalue weighted by Gasteiger charge is 2.22. The fourth-order valence-electron chi connectivity index (χ4n) is 2.75. The summed E-state index contributed by atoms with van der Waals surface area (Å²) in [5.41, 5.74) is 0. The molecule has 2 saturated heterocycles. The molecule has 3 nitrogen and oxygen atoms in total. The van der Waals surface area contributed by atoms with Gasteiger partial charge in [0.25, 0.3) is 0 Å². The molecule has 2 heterocycles. The number of carbonyl (C=O) groups is 1. The first-order valence-electron chi connectivity index (χ1n) is 6.85. The van der Waals surface area contributed by atoms with Gasteiger partial charge in [-0.2, -0.15) is 0 Å². The van der Waals surface area contributed by atoms with E-state index in [2.05, 4.69) is 10.2 Å². The number of nitrogens with zero attached hydrogens (tertiary/aromatic N) is 1. The molecule has 2 aliphatic heterocycles. The third-order valence-corrected chi connectivity index (χ3v) is 3.78. The molecule has 0 aromatic rings. The van der Waals surface area contributed by atoms with Gasteiger partial charge in [-0.25, -0.2) is 0 Å². The zero-order valence-corrected chi connectivity index (χ0v) is 10.2. The van der Waals surface area contributed by atoms with Crippen LogP contribution in [0.25, 0.3) is 0 Å². The molecule has 0 aromatic heterocycles. The van der Waals surface area contributed by atoms with Gasteiger partial charge in [-0.1, -0.05) is 19.3 Å². The van der Waals surface area contributed by atoms with Gasteiger partial charge in [-0.05, 0) is 45.3 Å². The van der Waals surface area contributed by atoms with Crippen molar-refractivity contribution in [1.29, 1.82) is 0 Å². The third kappa shape index (κ3) is 3.56. The van der Waals surface area contributed by atoms with Crippen molar-refractivity contribution < 1.29 is 4.79 Å². The number of hydrogen-bond acceptors (Lipinski definition) is 3. The Morgan fingerprint density at radius 2 is 1.81 bits per heavy atom. The summed E-state index contributed by atoms with van der Waals surface area (Å²) in [4.78, 5) is 14.4. The topological polar surface area (TPSA) is 32.3 Å². The maximum absolute atomic E-state index is 12.1. The molecule has 0 saturated carbocycles. The van der Waals surface area contributed by atoms with Crippen LogP contribution in [-0.4, -0.2) is 42.9 Å². The summed E-state index contributed by atoms with van der Waals surface area (Å²) < 4.78 is 0. The zero-order valence-electron chi connectivity index (χ0n) is 10.2. The minimum atomic E-state index is 0.150. The van der Waals surface area contributed by atoms with Crippen molar-refractivity contribution in [3.05, 3.63) is 0 Å². The van der Waals surface area contributed by atoms with E-state index in [0.29, 0.717) is 12.3 Å². The molecule has 0 bridgehead atoms. The summed E-state index contributed by atoms with van der Waals surface area (Å²) in [5, 5.41) is 3.35. The zero-order chi connectivity index (χ0) is 11.2. The lowest BCUT2D eigenvalue weighted by Crippen LogP contribution is -2.45. The quantitative estimate of drug-likeness (QED) is 0.790. The summed E-state index contributed by atoms with van der Waals surface area (Å²) in [6.45, 7) is 3.95. The first kappa shape index (κ1) is 12.1. The van der Waals surface area contributed by atoms with Gasteiger partial charge in [0.15, 0.2) is 5.78 Å². The predicted octanol–water partition coefficient (Wildman–Crippen LogP) is 1.57. The van der Waals surface area contributed by atoms with Crippen LogP contribution in [-0.2, 0) is 4.79 Å². The Hall–Kier alpha value is -0.410. The minimum Gasteiger partial charge on any atom is -0.307 e. The number of rotatable bonds is 3. The molecule has 1 atom stereocenters. The highest BCUT2D eigenvalue weighted by Crippen LogP contribution is 2.12. The molecule has 1 N–H and O–H groups in total. The van der Waals surface area contributed by atoms with Gasteiger partial charge in [0.05, 0.1) is 12.6 Å². The maximum Gasteiger partial charge on any atom is 0.163 e. The summed E-state index contributed by atoms with van der Waals surface area (Å²) in [5.74, 6) is 0.418. The molecule has 2 rings (SSSR count). The molecule has 0 radical (unpaired) electrons. The van der Waals surface area contributed by atoms with Crippen molar-refractivity contribution in [2.45, 2.75) is 51.0 Å². The molecule has 0 aliphatic carbocycles. The maximum atomic E-state index is 12.1. The Labute approximate surface area is 98.6 Å². The average Bonchev–Trinajstić information content (AvgIpc) is 2.59. The molecule has 0 amide bonds. The van der Waals surface area contributed by atoms with Gasteiger partial charge < -0.3 is 5.32 Å². The van der Waals surface area contributed by atoms with Crippen LogP contribution in [0, 0.1) is 0 Å². The molecular formula is C13H24N2O. The van der Waals surface area contributed by atoms with E-state index in [1.54, 1.807) is 0 Å². The SMILES string of the molecule is O=C(CN1CCCCCC1)C1CCCCN1. The average molecular weight is 224 g/mol. The Balaban J connectivity index is 1.76. The molecule has 0 aromatic carbocycles. The van der Waals surface area contributed by atoms with E-state index in [1.807, 2.05) is 0 Å². The summed E-state index contributed by atoms with van der Waals surface area (Å²) in [7, 11) is 0. The fraction of sp³-hybridized carbons (Fsp3) is 0.923. The lowest BCUT2D eigenvalue weighted by Gasteiger charge is -2.26. The van der Waals surface area contributed by atoms with Crippen LogP contribution in [0.3, 0.4) is 0 Å². The van der Waals surface area contributed by atoms with Crippen molar-refractivity contribution in [2.24, 2.45) is 0 Å². The lowest BCUT2D eigenvalue weighted by molar-refractivity contribution is -0.122. The van der Waals surface area contributed by atoms with Crippen molar-refractivity contribution in [3.63, 3.8) is 0 Å². The standard InChI is InChI=1S/C13H24N2O/c16-13(12-7-3-4-8-14-12)11-15-9-5-1-2-6-10-15/h12,14H,1-11H2. The molecule has 2 fully saturated rings. The van der Waals surface area contributed by atoms with E-state index in [9.17, 15) is 4.79 Å². The normalized spacial score (nSPS) is 28.6. The smallest absolute Gasteiger partial charge is 0.163 e. The van der Waals surface area contributed by atoms with Crippen molar-refractivity contribution >= 4 is 5.78 Å². The largest absolute Gasteiger partial charge is 0.307 e. The van der Waals surface area contributed by atoms with Gasteiger partial charge in [0, 0.05) is 0 Å². The second-order valence-corrected chi connectivity index (χ2v) is 5.16. The highest BCUT2D eigenvalue weighted by molar-refractivity contribution is 5.86. The summed E-state index contributed by atoms with van der Waals surface area (Å²) in [6, 6.07) is 0.150. The van der Waals surface area contributed by atoms with Gasteiger partial charge in [0.2, 0.25) is 0 Å². The molecule has 2 aliphatic rings. The molecule has 16 heavy (non-hydrogen) atoms. The molecule has 0 spiro atoms. The van der Waals surface area contributed by atoms with Crippen LogP contribution in [0.5, 0.6) is 0 Å². The Morgan fingerprint density at radius 1 is 1.06 bits per heavy atom. The molecule has 1 unspecified atom stereocenters. The first-order valence-corrected chi connectivity index (χ1v) is 6.85.